The molecule has 1 saturated heterocycles. The molecular formula is C16H21BrN2O3. The van der Waals surface area contributed by atoms with Gasteiger partial charge in [-0.3, -0.25) is 4.79 Å². The van der Waals surface area contributed by atoms with Crippen LogP contribution in [0.3, 0.4) is 0 Å². The van der Waals surface area contributed by atoms with Crippen LogP contribution in [0.1, 0.15) is 36.3 Å². The van der Waals surface area contributed by atoms with Crippen molar-refractivity contribution in [3.63, 3.8) is 0 Å². The number of carbonyl (C=O) groups is 2. The van der Waals surface area contributed by atoms with Crippen molar-refractivity contribution < 1.29 is 14.7 Å². The van der Waals surface area contributed by atoms with Crippen molar-refractivity contribution in [3.8, 4) is 0 Å². The minimum Gasteiger partial charge on any atom is -0.481 e. The van der Waals surface area contributed by atoms with Gasteiger partial charge in [-0.15, -0.1) is 0 Å². The number of carbonyl (C=O) groups excluding carboxylic acids is 1. The number of piperidine rings is 1. The number of rotatable bonds is 4. The Morgan fingerprint density at radius 3 is 2.64 bits per heavy atom. The zero-order chi connectivity index (χ0) is 16.1. The maximum Gasteiger partial charge on any atom is 0.317 e. The van der Waals surface area contributed by atoms with Gasteiger partial charge in [0.1, 0.15) is 0 Å². The lowest BCUT2D eigenvalue weighted by Gasteiger charge is -2.32. The molecule has 2 amide bonds. The molecule has 0 bridgehead atoms. The average Bonchev–Trinajstić information content (AvgIpc) is 2.50. The molecule has 0 aliphatic carbocycles. The van der Waals surface area contributed by atoms with Crippen LogP contribution in [-0.2, 0) is 4.79 Å². The molecule has 5 nitrogen and oxygen atoms in total. The smallest absolute Gasteiger partial charge is 0.317 e. The molecular weight excluding hydrogens is 348 g/mol. The molecule has 1 fully saturated rings. The van der Waals surface area contributed by atoms with Crippen LogP contribution < -0.4 is 5.32 Å². The lowest BCUT2D eigenvalue weighted by molar-refractivity contribution is -0.136. The number of amides is 2. The highest BCUT2D eigenvalue weighted by molar-refractivity contribution is 9.10. The monoisotopic (exact) mass is 368 g/mol. The van der Waals surface area contributed by atoms with E-state index in [9.17, 15) is 9.59 Å². The number of halogens is 1. The summed E-state index contributed by atoms with van der Waals surface area (Å²) in [7, 11) is 0. The molecule has 0 saturated carbocycles. The van der Waals surface area contributed by atoms with Crippen LogP contribution in [-0.4, -0.2) is 41.6 Å². The third-order valence-corrected chi connectivity index (χ3v) is 4.94. The zero-order valence-electron chi connectivity index (χ0n) is 12.6. The molecule has 0 aromatic heterocycles. The highest BCUT2D eigenvalue weighted by Gasteiger charge is 2.23. The number of likely N-dealkylation sites (tertiary alicyclic amines) is 1. The molecule has 0 atom stereocenters. The molecule has 6 heteroatoms. The third-order valence-electron chi connectivity index (χ3n) is 4.05. The lowest BCUT2D eigenvalue weighted by atomic mass is 9.89. The van der Waals surface area contributed by atoms with E-state index >= 15 is 0 Å². The van der Waals surface area contributed by atoms with Gasteiger partial charge < -0.3 is 15.3 Å². The number of carboxylic acids is 1. The summed E-state index contributed by atoms with van der Waals surface area (Å²) in [4.78, 5) is 24.1. The molecule has 1 aliphatic rings. The van der Waals surface area contributed by atoms with E-state index in [1.807, 2.05) is 0 Å². The maximum absolute atomic E-state index is 11.9. The zero-order valence-corrected chi connectivity index (χ0v) is 14.2. The molecule has 2 rings (SSSR count). The first-order valence-corrected chi connectivity index (χ1v) is 8.27. The van der Waals surface area contributed by atoms with Gasteiger partial charge >= 0.3 is 12.0 Å². The molecule has 2 N–H and O–H groups in total. The molecule has 0 spiro atoms. The summed E-state index contributed by atoms with van der Waals surface area (Å²) in [5.74, 6) is -0.417. The van der Waals surface area contributed by atoms with E-state index in [1.165, 1.54) is 11.1 Å². The fraction of sp³-hybridized carbons (Fsp3) is 0.500. The number of benzene rings is 1. The Kier molecular flexibility index (Phi) is 5.83. The fourth-order valence-electron chi connectivity index (χ4n) is 2.73. The van der Waals surface area contributed by atoms with Gasteiger partial charge in [-0.1, -0.05) is 28.1 Å². The summed E-state index contributed by atoms with van der Waals surface area (Å²) in [6, 6.07) is 6.27. The summed E-state index contributed by atoms with van der Waals surface area (Å²) < 4.78 is 1.12. The number of nitrogens with zero attached hydrogens (tertiary/aromatic N) is 1. The molecule has 0 radical (unpaired) electrons. The summed E-state index contributed by atoms with van der Waals surface area (Å²) in [5, 5.41) is 11.2. The van der Waals surface area contributed by atoms with E-state index in [4.69, 9.17) is 5.11 Å². The number of urea groups is 1. The summed E-state index contributed by atoms with van der Waals surface area (Å²) >= 11 is 3.51. The maximum atomic E-state index is 11.9. The van der Waals surface area contributed by atoms with Gasteiger partial charge in [0.25, 0.3) is 0 Å². The Morgan fingerprint density at radius 2 is 2.05 bits per heavy atom. The van der Waals surface area contributed by atoms with Gasteiger partial charge in [0, 0.05) is 24.1 Å². The highest BCUT2D eigenvalue weighted by Crippen LogP contribution is 2.30. The number of aliphatic carboxylic acids is 1. The summed E-state index contributed by atoms with van der Waals surface area (Å²) in [6.45, 7) is 3.68. The van der Waals surface area contributed by atoms with Gasteiger partial charge in [-0.25, -0.2) is 4.79 Å². The number of aryl methyl sites for hydroxylation is 1. The van der Waals surface area contributed by atoms with E-state index < -0.39 is 5.97 Å². The largest absolute Gasteiger partial charge is 0.481 e. The van der Waals surface area contributed by atoms with E-state index in [0.29, 0.717) is 19.0 Å². The molecule has 1 aliphatic heterocycles. The Bertz CT molecular complexity index is 554. The van der Waals surface area contributed by atoms with Crippen molar-refractivity contribution in [2.45, 2.75) is 32.1 Å². The molecule has 120 valence electrons. The number of carboxylic acid groups (broad SMARTS) is 1. The predicted octanol–water partition coefficient (Wildman–Crippen LogP) is 3.12. The van der Waals surface area contributed by atoms with Gasteiger partial charge in [-0.05, 0) is 42.9 Å². The molecule has 1 aromatic rings. The first-order valence-electron chi connectivity index (χ1n) is 7.48. The first kappa shape index (κ1) is 16.8. The fourth-order valence-corrected chi connectivity index (χ4v) is 2.97. The topological polar surface area (TPSA) is 69.6 Å². The molecule has 0 unspecified atom stereocenters. The van der Waals surface area contributed by atoms with Crippen molar-refractivity contribution in [2.24, 2.45) is 0 Å². The van der Waals surface area contributed by atoms with Gasteiger partial charge in [0.15, 0.2) is 0 Å². The van der Waals surface area contributed by atoms with Gasteiger partial charge in [0.2, 0.25) is 0 Å². The predicted molar refractivity (Wildman–Crippen MR) is 88.1 cm³/mol. The normalized spacial score (nSPS) is 15.6. The second-order valence-corrected chi connectivity index (χ2v) is 6.50. The Balaban J connectivity index is 1.83. The SMILES string of the molecule is Cc1cc(C2CCN(C(=O)NCCC(=O)O)CC2)ccc1Br. The van der Waals surface area contributed by atoms with E-state index in [2.05, 4.69) is 46.4 Å². The van der Waals surface area contributed by atoms with Crippen LogP contribution >= 0.6 is 15.9 Å². The van der Waals surface area contributed by atoms with Crippen LogP contribution in [0, 0.1) is 6.92 Å². The number of nitrogens with one attached hydrogen (secondary N) is 1. The van der Waals surface area contributed by atoms with Crippen LogP contribution in [0.5, 0.6) is 0 Å². The average molecular weight is 369 g/mol. The second kappa shape index (κ2) is 7.63. The van der Waals surface area contributed by atoms with Crippen molar-refractivity contribution in [3.05, 3.63) is 33.8 Å². The summed E-state index contributed by atoms with van der Waals surface area (Å²) in [6.07, 6.45) is 1.83. The van der Waals surface area contributed by atoms with Crippen molar-refractivity contribution in [2.75, 3.05) is 19.6 Å². The van der Waals surface area contributed by atoms with Crippen LogP contribution in [0.2, 0.25) is 0 Å². The van der Waals surface area contributed by atoms with Crippen LogP contribution in [0.4, 0.5) is 4.79 Å². The lowest BCUT2D eigenvalue weighted by Crippen LogP contribution is -2.44. The molecule has 22 heavy (non-hydrogen) atoms. The Morgan fingerprint density at radius 1 is 1.36 bits per heavy atom. The van der Waals surface area contributed by atoms with Crippen LogP contribution in [0.25, 0.3) is 0 Å². The van der Waals surface area contributed by atoms with Crippen LogP contribution in [0.15, 0.2) is 22.7 Å². The van der Waals surface area contributed by atoms with Crippen molar-refractivity contribution >= 4 is 27.9 Å². The van der Waals surface area contributed by atoms with E-state index in [0.717, 1.165) is 17.3 Å². The standard InChI is InChI=1S/C16H21BrN2O3/c1-11-10-13(2-3-14(11)17)12-5-8-19(9-6-12)16(22)18-7-4-15(20)21/h2-3,10,12H,4-9H2,1H3,(H,18,22)(H,20,21). The highest BCUT2D eigenvalue weighted by atomic mass is 79.9. The Labute approximate surface area is 138 Å². The Hall–Kier alpha value is -1.56. The number of hydrogen-bond acceptors (Lipinski definition) is 2. The minimum atomic E-state index is -0.899. The summed E-state index contributed by atoms with van der Waals surface area (Å²) in [5.41, 5.74) is 2.55. The van der Waals surface area contributed by atoms with E-state index in [1.54, 1.807) is 4.90 Å². The van der Waals surface area contributed by atoms with Gasteiger partial charge in [0.05, 0.1) is 6.42 Å². The second-order valence-electron chi connectivity index (χ2n) is 5.65. The third kappa shape index (κ3) is 4.47. The van der Waals surface area contributed by atoms with Gasteiger partial charge in [-0.2, -0.15) is 0 Å². The van der Waals surface area contributed by atoms with Crippen molar-refractivity contribution in [1.29, 1.82) is 0 Å². The molecule has 1 heterocycles. The quantitative estimate of drug-likeness (QED) is 0.857. The van der Waals surface area contributed by atoms with Crippen molar-refractivity contribution in [1.82, 2.24) is 10.2 Å². The minimum absolute atomic E-state index is 0.0413. The van der Waals surface area contributed by atoms with E-state index in [-0.39, 0.29) is 19.0 Å². The molecule has 1 aromatic carbocycles. The number of hydrogen-bond donors (Lipinski definition) is 2. The first-order chi connectivity index (χ1) is 10.5.